The minimum absolute atomic E-state index is 0.275. The standard InChI is InChI=1S/C12H12N2O2/c1-8-4-3-5-11(9(8)2)16-10-6-12(15)14-13-7-10/h3-7H,1-2H3,(H,14,15). The Labute approximate surface area is 92.9 Å². The molecule has 16 heavy (non-hydrogen) atoms. The number of nitrogens with zero attached hydrogens (tertiary/aromatic N) is 1. The molecule has 4 nitrogen and oxygen atoms in total. The molecular formula is C12H12N2O2. The zero-order valence-corrected chi connectivity index (χ0v) is 9.15. The average Bonchev–Trinajstić information content (AvgIpc) is 2.25. The number of aromatic amines is 1. The summed E-state index contributed by atoms with van der Waals surface area (Å²) in [5.41, 5.74) is 1.93. The first-order valence-corrected chi connectivity index (χ1v) is 4.95. The normalized spacial score (nSPS) is 10.1. The van der Waals surface area contributed by atoms with Gasteiger partial charge in [0.25, 0.3) is 5.56 Å². The van der Waals surface area contributed by atoms with Gasteiger partial charge in [0, 0.05) is 6.07 Å². The van der Waals surface area contributed by atoms with Gasteiger partial charge in [0.2, 0.25) is 0 Å². The topological polar surface area (TPSA) is 55.0 Å². The lowest BCUT2D eigenvalue weighted by molar-refractivity contribution is 0.473. The van der Waals surface area contributed by atoms with Gasteiger partial charge in [-0.1, -0.05) is 12.1 Å². The van der Waals surface area contributed by atoms with Gasteiger partial charge in [-0.05, 0) is 31.0 Å². The van der Waals surface area contributed by atoms with Crippen LogP contribution in [0.2, 0.25) is 0 Å². The number of hydrogen-bond acceptors (Lipinski definition) is 3. The van der Waals surface area contributed by atoms with E-state index in [4.69, 9.17) is 4.74 Å². The van der Waals surface area contributed by atoms with Crippen molar-refractivity contribution in [2.45, 2.75) is 13.8 Å². The van der Waals surface area contributed by atoms with Crippen LogP contribution in [0.25, 0.3) is 0 Å². The summed E-state index contributed by atoms with van der Waals surface area (Å²) < 4.78 is 5.59. The van der Waals surface area contributed by atoms with E-state index in [9.17, 15) is 4.79 Å². The third-order valence-electron chi connectivity index (χ3n) is 2.42. The molecule has 0 saturated heterocycles. The van der Waals surface area contributed by atoms with E-state index < -0.39 is 0 Å². The van der Waals surface area contributed by atoms with Crippen molar-refractivity contribution >= 4 is 0 Å². The van der Waals surface area contributed by atoms with Crippen LogP contribution in [0.1, 0.15) is 11.1 Å². The Bertz CT molecular complexity index is 561. The van der Waals surface area contributed by atoms with Gasteiger partial charge in [0.05, 0.1) is 6.20 Å². The molecule has 82 valence electrons. The Balaban J connectivity index is 2.34. The summed E-state index contributed by atoms with van der Waals surface area (Å²) in [6.07, 6.45) is 1.48. The summed E-state index contributed by atoms with van der Waals surface area (Å²) in [6.45, 7) is 3.99. The number of aryl methyl sites for hydroxylation is 1. The summed E-state index contributed by atoms with van der Waals surface area (Å²) in [7, 11) is 0. The van der Waals surface area contributed by atoms with Crippen LogP contribution >= 0.6 is 0 Å². The summed E-state index contributed by atoms with van der Waals surface area (Å²) in [6, 6.07) is 7.16. The van der Waals surface area contributed by atoms with Gasteiger partial charge in [-0.3, -0.25) is 4.79 Å². The van der Waals surface area contributed by atoms with Gasteiger partial charge in [-0.15, -0.1) is 0 Å². The highest BCUT2D eigenvalue weighted by Crippen LogP contribution is 2.25. The predicted octanol–water partition coefficient (Wildman–Crippen LogP) is 2.18. The maximum atomic E-state index is 11.0. The van der Waals surface area contributed by atoms with Crippen LogP contribution in [0.4, 0.5) is 0 Å². The molecule has 0 aliphatic rings. The lowest BCUT2D eigenvalue weighted by atomic mass is 10.1. The first-order chi connectivity index (χ1) is 7.66. The number of hydrogen-bond donors (Lipinski definition) is 1. The quantitative estimate of drug-likeness (QED) is 0.837. The van der Waals surface area contributed by atoms with Crippen molar-refractivity contribution in [2.24, 2.45) is 0 Å². The second-order valence-corrected chi connectivity index (χ2v) is 3.58. The third kappa shape index (κ3) is 2.11. The van der Waals surface area contributed by atoms with Crippen molar-refractivity contribution in [3.63, 3.8) is 0 Å². The Hall–Kier alpha value is -2.10. The average molecular weight is 216 g/mol. The Morgan fingerprint density at radius 3 is 2.88 bits per heavy atom. The van der Waals surface area contributed by atoms with Crippen LogP contribution in [0.15, 0.2) is 35.3 Å². The number of rotatable bonds is 2. The highest BCUT2D eigenvalue weighted by atomic mass is 16.5. The molecule has 0 aliphatic carbocycles. The van der Waals surface area contributed by atoms with Gasteiger partial charge in [0.1, 0.15) is 5.75 Å². The molecule has 0 atom stereocenters. The maximum Gasteiger partial charge on any atom is 0.267 e. The molecule has 4 heteroatoms. The number of benzene rings is 1. The smallest absolute Gasteiger partial charge is 0.267 e. The van der Waals surface area contributed by atoms with Gasteiger partial charge in [-0.2, -0.15) is 5.10 Å². The molecule has 0 amide bonds. The van der Waals surface area contributed by atoms with Crippen LogP contribution in [0.3, 0.4) is 0 Å². The Kier molecular flexibility index (Phi) is 2.72. The second-order valence-electron chi connectivity index (χ2n) is 3.58. The fourth-order valence-corrected chi connectivity index (χ4v) is 1.38. The first-order valence-electron chi connectivity index (χ1n) is 4.95. The molecule has 2 aromatic rings. The van der Waals surface area contributed by atoms with Crippen molar-refractivity contribution < 1.29 is 4.74 Å². The number of nitrogens with one attached hydrogen (secondary N) is 1. The van der Waals surface area contributed by atoms with Gasteiger partial charge < -0.3 is 4.74 Å². The van der Waals surface area contributed by atoms with Gasteiger partial charge >= 0.3 is 0 Å². The summed E-state index contributed by atoms with van der Waals surface area (Å²) >= 11 is 0. The molecule has 0 radical (unpaired) electrons. The number of aromatic nitrogens is 2. The fraction of sp³-hybridized carbons (Fsp3) is 0.167. The molecule has 0 bridgehead atoms. The highest BCUT2D eigenvalue weighted by molar-refractivity contribution is 5.40. The predicted molar refractivity (Wildman–Crippen MR) is 60.8 cm³/mol. The molecule has 0 saturated carbocycles. The van der Waals surface area contributed by atoms with Crippen molar-refractivity contribution in [1.82, 2.24) is 10.2 Å². The highest BCUT2D eigenvalue weighted by Gasteiger charge is 2.03. The maximum absolute atomic E-state index is 11.0. The van der Waals surface area contributed by atoms with Crippen molar-refractivity contribution in [2.75, 3.05) is 0 Å². The lowest BCUT2D eigenvalue weighted by Crippen LogP contribution is -2.05. The molecule has 2 rings (SSSR count). The second kappa shape index (κ2) is 4.18. The SMILES string of the molecule is Cc1cccc(Oc2cn[nH]c(=O)c2)c1C. The largest absolute Gasteiger partial charge is 0.455 e. The van der Waals surface area contributed by atoms with E-state index in [-0.39, 0.29) is 5.56 Å². The van der Waals surface area contributed by atoms with Crippen LogP contribution < -0.4 is 10.3 Å². The Morgan fingerprint density at radius 1 is 1.31 bits per heavy atom. The van der Waals surface area contributed by atoms with E-state index in [0.717, 1.165) is 16.9 Å². The van der Waals surface area contributed by atoms with E-state index in [2.05, 4.69) is 10.2 Å². The van der Waals surface area contributed by atoms with Crippen molar-refractivity contribution in [1.29, 1.82) is 0 Å². The van der Waals surface area contributed by atoms with E-state index >= 15 is 0 Å². The third-order valence-corrected chi connectivity index (χ3v) is 2.42. The zero-order valence-electron chi connectivity index (χ0n) is 9.15. The fourth-order valence-electron chi connectivity index (χ4n) is 1.38. The Morgan fingerprint density at radius 2 is 2.12 bits per heavy atom. The van der Waals surface area contributed by atoms with Crippen molar-refractivity contribution in [3.8, 4) is 11.5 Å². The molecular weight excluding hydrogens is 204 g/mol. The minimum Gasteiger partial charge on any atom is -0.455 e. The number of H-pyrrole nitrogens is 1. The first kappa shape index (κ1) is 10.4. The summed E-state index contributed by atoms with van der Waals surface area (Å²) in [4.78, 5) is 11.0. The molecule has 0 fully saturated rings. The number of ether oxygens (including phenoxy) is 1. The van der Waals surface area contributed by atoms with Crippen LogP contribution in [0, 0.1) is 13.8 Å². The van der Waals surface area contributed by atoms with E-state index in [0.29, 0.717) is 5.75 Å². The molecule has 1 N–H and O–H groups in total. The monoisotopic (exact) mass is 216 g/mol. The molecule has 0 unspecified atom stereocenters. The van der Waals surface area contributed by atoms with E-state index in [1.54, 1.807) is 0 Å². The van der Waals surface area contributed by atoms with Crippen LogP contribution in [-0.4, -0.2) is 10.2 Å². The van der Waals surface area contributed by atoms with E-state index in [1.807, 2.05) is 32.0 Å². The van der Waals surface area contributed by atoms with E-state index in [1.165, 1.54) is 12.3 Å². The van der Waals surface area contributed by atoms with Crippen LogP contribution in [-0.2, 0) is 0 Å². The molecule has 1 aromatic heterocycles. The zero-order chi connectivity index (χ0) is 11.5. The van der Waals surface area contributed by atoms with Crippen molar-refractivity contribution in [3.05, 3.63) is 51.9 Å². The molecule has 1 aromatic carbocycles. The minimum atomic E-state index is -0.275. The molecule has 0 aliphatic heterocycles. The lowest BCUT2D eigenvalue weighted by Gasteiger charge is -2.09. The molecule has 1 heterocycles. The van der Waals surface area contributed by atoms with Crippen LogP contribution in [0.5, 0.6) is 11.5 Å². The van der Waals surface area contributed by atoms with Gasteiger partial charge in [-0.25, -0.2) is 5.10 Å². The summed E-state index contributed by atoms with van der Waals surface area (Å²) in [5.74, 6) is 1.19. The van der Waals surface area contributed by atoms with Gasteiger partial charge in [0.15, 0.2) is 5.75 Å². The molecule has 0 spiro atoms. The summed E-state index contributed by atoms with van der Waals surface area (Å²) in [5, 5.41) is 5.97.